The standard InChI is InChI=1S/C48H22B2N4/c1-4-13-33-23(9-1)28-20-19-27-32-22-30-25-11-3-6-15-35(25)53-38-18-8-17-37-41(38)49-42-45-29(24-10-2-5-14-34(24)52(37)45)21-31-26-12-7-16-36-39(26)50(40(27)44(28)51(33)36)54(47(31)42)48(32)43(49)46(30)53/h1-22H. The molecule has 17 rings (SSSR count). The summed E-state index contributed by atoms with van der Waals surface area (Å²) >= 11 is 0. The molecule has 0 N–H and O–H groups in total. The van der Waals surface area contributed by atoms with Gasteiger partial charge in [0.25, 0.3) is 6.71 Å². The smallest absolute Gasteiger partial charge is 0.333 e. The lowest BCUT2D eigenvalue weighted by Gasteiger charge is -2.52. The molecule has 54 heavy (non-hydrogen) atoms. The molecule has 8 aromatic carbocycles. The van der Waals surface area contributed by atoms with Crippen LogP contribution in [0.3, 0.4) is 0 Å². The first-order valence-corrected chi connectivity index (χ1v) is 19.2. The van der Waals surface area contributed by atoms with E-state index in [9.17, 15) is 0 Å². The average Bonchev–Trinajstić information content (AvgIpc) is 3.87. The third kappa shape index (κ3) is 2.21. The molecule has 4 nitrogen and oxygen atoms in total. The summed E-state index contributed by atoms with van der Waals surface area (Å²) in [5, 5.41) is 8.05. The summed E-state index contributed by atoms with van der Waals surface area (Å²) in [4.78, 5) is 2.85. The lowest BCUT2D eigenvalue weighted by molar-refractivity contribution is 1.14. The van der Waals surface area contributed by atoms with Crippen LogP contribution in [0.2, 0.25) is 0 Å². The molecule has 0 aliphatic carbocycles. The van der Waals surface area contributed by atoms with Gasteiger partial charge in [-0.25, -0.2) is 0 Å². The van der Waals surface area contributed by atoms with Crippen LogP contribution in [0.25, 0.3) is 105 Å². The van der Waals surface area contributed by atoms with Crippen molar-refractivity contribution in [3.63, 3.8) is 0 Å². The Kier molecular flexibility index (Phi) is 3.53. The van der Waals surface area contributed by atoms with Crippen LogP contribution in [-0.2, 0) is 0 Å². The maximum absolute atomic E-state index is 2.85. The molecule has 0 fully saturated rings. The summed E-state index contributed by atoms with van der Waals surface area (Å²) in [6.45, 7) is 0.199. The molecular weight excluding hydrogens is 654 g/mol. The molecule has 0 spiro atoms. The normalized spacial score (nSPS) is 14.9. The fourth-order valence-corrected chi connectivity index (χ4v) is 12.8. The van der Waals surface area contributed by atoms with E-state index in [0.717, 1.165) is 0 Å². The molecule has 0 saturated heterocycles. The molecule has 6 aliphatic rings. The van der Waals surface area contributed by atoms with Gasteiger partial charge in [-0.15, -0.1) is 0 Å². The van der Waals surface area contributed by atoms with E-state index >= 15 is 0 Å². The summed E-state index contributed by atoms with van der Waals surface area (Å²) in [5.41, 5.74) is 27.6. The van der Waals surface area contributed by atoms with Crippen LogP contribution in [0.4, 0.5) is 11.4 Å². The molecule has 240 valence electrons. The van der Waals surface area contributed by atoms with Gasteiger partial charge >= 0.3 is 6.85 Å². The quantitative estimate of drug-likeness (QED) is 0.151. The van der Waals surface area contributed by atoms with Gasteiger partial charge in [-0.05, 0) is 87.0 Å². The summed E-state index contributed by atoms with van der Waals surface area (Å²) in [7, 11) is 0. The number of fused-ring (bicyclic) bond motifs is 14. The number of para-hydroxylation sites is 3. The minimum atomic E-state index is 0.0734. The number of nitrogens with zero attached hydrogens (tertiary/aromatic N) is 4. The van der Waals surface area contributed by atoms with Crippen molar-refractivity contribution < 1.29 is 0 Å². The number of rotatable bonds is 0. The van der Waals surface area contributed by atoms with E-state index in [0.29, 0.717) is 0 Å². The third-order valence-electron chi connectivity index (χ3n) is 14.4. The van der Waals surface area contributed by atoms with Crippen LogP contribution >= 0.6 is 0 Å². The fourth-order valence-electron chi connectivity index (χ4n) is 12.8. The van der Waals surface area contributed by atoms with Crippen molar-refractivity contribution in [2.75, 3.05) is 4.81 Å². The Hall–Kier alpha value is -6.91. The molecule has 3 aromatic heterocycles. The Morgan fingerprint density at radius 1 is 0.333 bits per heavy atom. The Balaban J connectivity index is 1.22. The minimum absolute atomic E-state index is 0.0734. The van der Waals surface area contributed by atoms with E-state index in [1.54, 1.807) is 0 Å². The number of hydrogen-bond donors (Lipinski definition) is 0. The molecule has 6 aliphatic heterocycles. The largest absolute Gasteiger partial charge is 0.377 e. The van der Waals surface area contributed by atoms with Crippen molar-refractivity contribution in [3.8, 4) is 39.3 Å². The topological polar surface area (TPSA) is 18.0 Å². The second kappa shape index (κ2) is 7.59. The highest BCUT2D eigenvalue weighted by atomic mass is 15.1. The maximum Gasteiger partial charge on any atom is 0.333 e. The van der Waals surface area contributed by atoms with Crippen molar-refractivity contribution in [3.05, 3.63) is 133 Å². The van der Waals surface area contributed by atoms with Crippen LogP contribution in [0.1, 0.15) is 0 Å². The molecule has 0 atom stereocenters. The molecule has 9 heterocycles. The number of benzene rings is 8. The van der Waals surface area contributed by atoms with E-state index in [2.05, 4.69) is 152 Å². The minimum Gasteiger partial charge on any atom is -0.377 e. The molecule has 6 heteroatoms. The van der Waals surface area contributed by atoms with Crippen molar-refractivity contribution in [2.45, 2.75) is 0 Å². The van der Waals surface area contributed by atoms with Crippen molar-refractivity contribution in [2.24, 2.45) is 0 Å². The van der Waals surface area contributed by atoms with Crippen LogP contribution in [-0.4, -0.2) is 27.3 Å². The zero-order valence-electron chi connectivity index (χ0n) is 28.6. The number of aromatic nitrogens is 3. The molecular formula is C48H22B2N4. The van der Waals surface area contributed by atoms with E-state index < -0.39 is 0 Å². The molecule has 0 amide bonds. The van der Waals surface area contributed by atoms with Gasteiger partial charge in [-0.2, -0.15) is 0 Å². The predicted molar refractivity (Wildman–Crippen MR) is 226 cm³/mol. The lowest BCUT2D eigenvalue weighted by atomic mass is 9.29. The third-order valence-corrected chi connectivity index (χ3v) is 14.4. The van der Waals surface area contributed by atoms with Gasteiger partial charge < -0.3 is 18.5 Å². The van der Waals surface area contributed by atoms with E-state index in [1.165, 1.54) is 143 Å². The predicted octanol–water partition coefficient (Wildman–Crippen LogP) is 7.65. The second-order valence-corrected chi connectivity index (χ2v) is 16.3. The van der Waals surface area contributed by atoms with Crippen molar-refractivity contribution >= 4 is 118 Å². The highest BCUT2D eigenvalue weighted by molar-refractivity contribution is 7.06. The van der Waals surface area contributed by atoms with Gasteiger partial charge in [0.2, 0.25) is 0 Å². The Labute approximate surface area is 307 Å². The summed E-state index contributed by atoms with van der Waals surface area (Å²) < 4.78 is 7.85. The van der Waals surface area contributed by atoms with Crippen LogP contribution in [0, 0.1) is 0 Å². The van der Waals surface area contributed by atoms with Crippen molar-refractivity contribution in [1.82, 2.24) is 13.7 Å². The summed E-state index contributed by atoms with van der Waals surface area (Å²) in [6, 6.07) is 51.5. The maximum atomic E-state index is 2.85. The van der Waals surface area contributed by atoms with Gasteiger partial charge in [-0.1, -0.05) is 84.9 Å². The Morgan fingerprint density at radius 2 is 0.815 bits per heavy atom. The zero-order valence-corrected chi connectivity index (χ0v) is 28.6. The Morgan fingerprint density at radius 3 is 1.41 bits per heavy atom. The van der Waals surface area contributed by atoms with Crippen LogP contribution < -0.4 is 32.1 Å². The fraction of sp³-hybridized carbons (Fsp3) is 0. The van der Waals surface area contributed by atoms with Gasteiger partial charge in [0, 0.05) is 71.9 Å². The van der Waals surface area contributed by atoms with Gasteiger partial charge in [0.05, 0.1) is 33.1 Å². The van der Waals surface area contributed by atoms with Crippen LogP contribution in [0.15, 0.2) is 133 Å². The molecule has 0 saturated carbocycles. The highest BCUT2D eigenvalue weighted by Crippen LogP contribution is 2.55. The second-order valence-electron chi connectivity index (χ2n) is 16.3. The van der Waals surface area contributed by atoms with E-state index in [1.807, 2.05) is 0 Å². The van der Waals surface area contributed by atoms with Crippen molar-refractivity contribution in [1.29, 1.82) is 0 Å². The summed E-state index contributed by atoms with van der Waals surface area (Å²) in [6.07, 6.45) is 0. The first-order valence-electron chi connectivity index (χ1n) is 19.2. The van der Waals surface area contributed by atoms with E-state index in [4.69, 9.17) is 0 Å². The number of anilines is 2. The Bertz CT molecular complexity index is 3820. The zero-order chi connectivity index (χ0) is 34.0. The van der Waals surface area contributed by atoms with Gasteiger partial charge in [0.15, 0.2) is 0 Å². The lowest BCUT2D eigenvalue weighted by Crippen LogP contribution is -2.71. The van der Waals surface area contributed by atoms with Gasteiger partial charge in [-0.3, -0.25) is 0 Å². The monoisotopic (exact) mass is 676 g/mol. The first kappa shape index (κ1) is 25.1. The molecule has 0 unspecified atom stereocenters. The SMILES string of the molecule is c1cc2c3c(c1)-n1c4ccccc4c4ccc5c(c41)B3N1c3c-2cc2c4ccccc4n4c2c3B2c3c-4cccc3-n3c4ccccc4c4cc-5c1c2c43. The van der Waals surface area contributed by atoms with Gasteiger partial charge in [0.1, 0.15) is 0 Å². The summed E-state index contributed by atoms with van der Waals surface area (Å²) in [5.74, 6) is 0. The molecule has 0 radical (unpaired) electrons. The molecule has 0 bridgehead atoms. The highest BCUT2D eigenvalue weighted by Gasteiger charge is 2.56. The average molecular weight is 676 g/mol. The van der Waals surface area contributed by atoms with Crippen LogP contribution in [0.5, 0.6) is 0 Å². The van der Waals surface area contributed by atoms with E-state index in [-0.39, 0.29) is 13.6 Å². The molecule has 11 aromatic rings. The number of hydrogen-bond acceptors (Lipinski definition) is 1. The first-order chi connectivity index (χ1) is 26.9.